The number of ether oxygens (including phenoxy) is 1. The summed E-state index contributed by atoms with van der Waals surface area (Å²) >= 11 is 0. The second kappa shape index (κ2) is 6.10. The van der Waals surface area contributed by atoms with Crippen LogP contribution in [0.25, 0.3) is 0 Å². The van der Waals surface area contributed by atoms with Crippen LogP contribution < -0.4 is 5.73 Å². The number of hydrogen-bond acceptors (Lipinski definition) is 9. The van der Waals surface area contributed by atoms with Gasteiger partial charge in [-0.3, -0.25) is 14.5 Å². The number of epoxide rings is 1. The lowest BCUT2D eigenvalue weighted by molar-refractivity contribution is -0.118. The van der Waals surface area contributed by atoms with Crippen molar-refractivity contribution in [3.05, 3.63) is 52.0 Å². The van der Waals surface area contributed by atoms with Crippen molar-refractivity contribution in [2.24, 2.45) is 17.6 Å². The summed E-state index contributed by atoms with van der Waals surface area (Å²) in [6.07, 6.45) is -1.37. The number of nitrogens with zero attached hydrogens (tertiary/aromatic N) is 1. The molecule has 170 valence electrons. The Labute approximate surface area is 182 Å². The molecular formula is C22H24N2O8. The molecule has 7 unspecified atom stereocenters. The monoisotopic (exact) mass is 444 g/mol. The summed E-state index contributed by atoms with van der Waals surface area (Å²) in [6.45, 7) is 1.75. The normalized spacial score (nSPS) is 39.9. The Balaban J connectivity index is 1.81. The van der Waals surface area contributed by atoms with E-state index in [-0.39, 0.29) is 16.9 Å². The first-order chi connectivity index (χ1) is 14.9. The summed E-state index contributed by atoms with van der Waals surface area (Å²) in [5.41, 5.74) is 3.03. The molecule has 5 rings (SSSR count). The van der Waals surface area contributed by atoms with Gasteiger partial charge in [0.1, 0.15) is 22.8 Å². The predicted octanol–water partition coefficient (Wildman–Crippen LogP) is -0.190. The van der Waals surface area contributed by atoms with Gasteiger partial charge in [-0.1, -0.05) is 19.1 Å². The molecule has 7 N–H and O–H groups in total. The molecule has 1 saturated heterocycles. The lowest BCUT2D eigenvalue weighted by Gasteiger charge is -2.50. The highest BCUT2D eigenvalue weighted by Gasteiger charge is 2.86. The second-order valence-corrected chi connectivity index (χ2v) is 9.18. The van der Waals surface area contributed by atoms with Crippen LogP contribution in [0.4, 0.5) is 0 Å². The van der Waals surface area contributed by atoms with Crippen LogP contribution in [0.5, 0.6) is 5.75 Å². The zero-order chi connectivity index (χ0) is 23.5. The zero-order valence-corrected chi connectivity index (χ0v) is 17.6. The van der Waals surface area contributed by atoms with Crippen LogP contribution in [0.15, 0.2) is 40.9 Å². The first-order valence-corrected chi connectivity index (χ1v) is 10.2. The standard InChI is InChI=1S/C22H24N2O8/c1-7-8-5-4-6-9(25)11(8)16(26)12-10(7)17(27)13-15(24(2)3)18(28)14(20(23)30)22(31)21(13,32-22)19(12)29/h4-7,10,13,15,17,25,27-29,31H,1-3H3,(H2,23,30). The Kier molecular flexibility index (Phi) is 4.00. The van der Waals surface area contributed by atoms with E-state index in [0.29, 0.717) is 5.56 Å². The quantitative estimate of drug-likeness (QED) is 0.337. The highest BCUT2D eigenvalue weighted by molar-refractivity contribution is 6.14. The van der Waals surface area contributed by atoms with Gasteiger partial charge < -0.3 is 36.0 Å². The van der Waals surface area contributed by atoms with E-state index in [1.807, 2.05) is 0 Å². The van der Waals surface area contributed by atoms with Gasteiger partial charge in [-0.15, -0.1) is 0 Å². The maximum atomic E-state index is 13.4. The number of benzene rings is 1. The summed E-state index contributed by atoms with van der Waals surface area (Å²) in [7, 11) is 3.18. The van der Waals surface area contributed by atoms with Crippen LogP contribution in [-0.4, -0.2) is 79.8 Å². The molecule has 0 bridgehead atoms. The van der Waals surface area contributed by atoms with Crippen LogP contribution in [-0.2, 0) is 9.53 Å². The second-order valence-electron chi connectivity index (χ2n) is 9.18. The Bertz CT molecular complexity index is 1160. The number of nitrogens with two attached hydrogens (primary N) is 1. The zero-order valence-electron chi connectivity index (χ0n) is 17.6. The molecule has 3 aliphatic carbocycles. The van der Waals surface area contributed by atoms with E-state index in [2.05, 4.69) is 0 Å². The molecule has 1 fully saturated rings. The van der Waals surface area contributed by atoms with Gasteiger partial charge in [-0.2, -0.15) is 0 Å². The fourth-order valence-corrected chi connectivity index (χ4v) is 6.17. The van der Waals surface area contributed by atoms with Gasteiger partial charge in [0.05, 0.1) is 23.6 Å². The summed E-state index contributed by atoms with van der Waals surface area (Å²) in [5.74, 6) is -8.39. The molecule has 1 amide bonds. The molecule has 1 spiro atoms. The molecule has 1 aromatic rings. The third-order valence-corrected chi connectivity index (χ3v) is 7.51. The van der Waals surface area contributed by atoms with E-state index in [4.69, 9.17) is 10.5 Å². The largest absolute Gasteiger partial charge is 0.510 e. The molecule has 0 radical (unpaired) electrons. The number of carbonyl (C=O) groups is 2. The minimum atomic E-state index is -2.51. The number of likely N-dealkylation sites (N-methyl/N-ethyl adjacent to an activating group) is 1. The number of primary amides is 1. The van der Waals surface area contributed by atoms with Crippen LogP contribution >= 0.6 is 0 Å². The average Bonchev–Trinajstić information content (AvgIpc) is 3.33. The number of rotatable bonds is 2. The Morgan fingerprint density at radius 1 is 1.22 bits per heavy atom. The van der Waals surface area contributed by atoms with Crippen LogP contribution in [0.1, 0.15) is 28.8 Å². The predicted molar refractivity (Wildman–Crippen MR) is 109 cm³/mol. The summed E-state index contributed by atoms with van der Waals surface area (Å²) in [6, 6.07) is 3.55. The smallest absolute Gasteiger partial charge is 0.253 e. The average molecular weight is 444 g/mol. The third kappa shape index (κ3) is 2.08. The van der Waals surface area contributed by atoms with Gasteiger partial charge in [0.25, 0.3) is 5.91 Å². The Morgan fingerprint density at radius 2 is 1.88 bits per heavy atom. The van der Waals surface area contributed by atoms with E-state index in [1.165, 1.54) is 11.0 Å². The van der Waals surface area contributed by atoms with E-state index < -0.39 is 70.1 Å². The van der Waals surface area contributed by atoms with Gasteiger partial charge in [0, 0.05) is 11.5 Å². The lowest BCUT2D eigenvalue weighted by atomic mass is 9.56. The highest BCUT2D eigenvalue weighted by atomic mass is 16.8. The van der Waals surface area contributed by atoms with Crippen LogP contribution in [0.3, 0.4) is 0 Å². The number of carbonyl (C=O) groups excluding carboxylic acids is 2. The Hall–Kier alpha value is -2.92. The SMILES string of the molecule is CC1c2cccc(O)c2C(=O)C2=C(O)C34OC3(O)C(C(N)=O)=C(O)C(N(C)C)C4C(O)C21. The number of phenolic OH excluding ortho intramolecular Hbond substituents is 1. The minimum Gasteiger partial charge on any atom is -0.510 e. The van der Waals surface area contributed by atoms with E-state index >= 15 is 0 Å². The van der Waals surface area contributed by atoms with Crippen molar-refractivity contribution in [3.8, 4) is 5.75 Å². The van der Waals surface area contributed by atoms with Crippen molar-refractivity contribution in [2.75, 3.05) is 14.1 Å². The van der Waals surface area contributed by atoms with Gasteiger partial charge in [-0.25, -0.2) is 0 Å². The maximum Gasteiger partial charge on any atom is 0.253 e. The highest BCUT2D eigenvalue weighted by Crippen LogP contribution is 2.69. The van der Waals surface area contributed by atoms with Crippen LogP contribution in [0, 0.1) is 11.8 Å². The number of phenols is 1. The topological polar surface area (TPSA) is 177 Å². The molecule has 1 heterocycles. The number of aromatic hydroxyl groups is 1. The molecule has 32 heavy (non-hydrogen) atoms. The molecule has 4 aliphatic rings. The molecule has 7 atom stereocenters. The summed E-state index contributed by atoms with van der Waals surface area (Å²) < 4.78 is 5.54. The van der Waals surface area contributed by atoms with Crippen molar-refractivity contribution in [1.29, 1.82) is 0 Å². The molecule has 10 nitrogen and oxygen atoms in total. The van der Waals surface area contributed by atoms with E-state index in [9.17, 15) is 35.1 Å². The van der Waals surface area contributed by atoms with Crippen LogP contribution in [0.2, 0.25) is 0 Å². The summed E-state index contributed by atoms with van der Waals surface area (Å²) in [4.78, 5) is 27.1. The van der Waals surface area contributed by atoms with E-state index in [1.54, 1.807) is 33.2 Å². The fourth-order valence-electron chi connectivity index (χ4n) is 6.17. The number of ketones is 1. The van der Waals surface area contributed by atoms with Crippen molar-refractivity contribution in [3.63, 3.8) is 0 Å². The van der Waals surface area contributed by atoms with E-state index in [0.717, 1.165) is 0 Å². The molecule has 0 aromatic heterocycles. The Morgan fingerprint density at radius 3 is 2.47 bits per heavy atom. The van der Waals surface area contributed by atoms with Gasteiger partial charge in [0.2, 0.25) is 5.79 Å². The molecule has 1 aromatic carbocycles. The number of aliphatic hydroxyl groups is 4. The van der Waals surface area contributed by atoms with Crippen molar-refractivity contribution < 1.29 is 39.9 Å². The first kappa shape index (κ1) is 21.0. The minimum absolute atomic E-state index is 0.00229. The number of fused-ring (bicyclic) bond motifs is 2. The van der Waals surface area contributed by atoms with Crippen molar-refractivity contribution in [1.82, 2.24) is 4.90 Å². The van der Waals surface area contributed by atoms with Gasteiger partial charge >= 0.3 is 0 Å². The third-order valence-electron chi connectivity index (χ3n) is 7.51. The number of aliphatic hydroxyl groups excluding tert-OH is 3. The fraction of sp³-hybridized carbons (Fsp3) is 0.455. The molecular weight excluding hydrogens is 420 g/mol. The maximum absolute atomic E-state index is 13.4. The van der Waals surface area contributed by atoms with Gasteiger partial charge in [0.15, 0.2) is 11.4 Å². The lowest BCUT2D eigenvalue weighted by Crippen LogP contribution is -2.63. The first-order valence-electron chi connectivity index (χ1n) is 10.2. The molecule has 10 heteroatoms. The number of hydrogen-bond donors (Lipinski definition) is 6. The molecule has 1 aliphatic heterocycles. The van der Waals surface area contributed by atoms with Crippen molar-refractivity contribution in [2.45, 2.75) is 36.4 Å². The number of Topliss-reactive ketones (excluding diaryl/α,β-unsaturated/α-hetero) is 1. The summed E-state index contributed by atoms with van der Waals surface area (Å²) in [5, 5.41) is 55.3. The molecule has 0 saturated carbocycles. The van der Waals surface area contributed by atoms with Gasteiger partial charge in [-0.05, 0) is 31.6 Å². The number of amides is 1. The van der Waals surface area contributed by atoms with Crippen molar-refractivity contribution >= 4 is 11.7 Å².